The fourth-order valence-corrected chi connectivity index (χ4v) is 3.18. The van der Waals surface area contributed by atoms with E-state index in [1.54, 1.807) is 6.21 Å². The topological polar surface area (TPSA) is 42.9 Å². The normalized spacial score (nSPS) is 10.8. The maximum Gasteiger partial charge on any atom is 0.162 e. The zero-order valence-corrected chi connectivity index (χ0v) is 18.1. The van der Waals surface area contributed by atoms with Gasteiger partial charge in [-0.2, -0.15) is 5.10 Å². The summed E-state index contributed by atoms with van der Waals surface area (Å²) in [7, 11) is 0. The zero-order valence-electron chi connectivity index (χ0n) is 18.1. The molecule has 4 nitrogen and oxygen atoms in total. The number of benzene rings is 4. The van der Waals surface area contributed by atoms with Crippen LogP contribution in [0.1, 0.15) is 22.3 Å². The quantitative estimate of drug-likeness (QED) is 0.244. The van der Waals surface area contributed by atoms with E-state index in [0.29, 0.717) is 24.7 Å². The van der Waals surface area contributed by atoms with Gasteiger partial charge in [0.05, 0.1) is 11.9 Å². The second kappa shape index (κ2) is 10.8. The first-order valence-electron chi connectivity index (χ1n) is 10.6. The van der Waals surface area contributed by atoms with Gasteiger partial charge in [-0.3, -0.25) is 5.43 Å². The SMILES string of the molecule is Cc1ccccc1N/N=C/c1ccc(OCc2ccccc2)c(OCc2ccccc2)c1. The highest BCUT2D eigenvalue weighted by molar-refractivity contribution is 5.81. The number of nitrogens with zero attached hydrogens (tertiary/aromatic N) is 1. The molecule has 32 heavy (non-hydrogen) atoms. The van der Waals surface area contributed by atoms with Gasteiger partial charge in [-0.1, -0.05) is 78.9 Å². The van der Waals surface area contributed by atoms with Crippen molar-refractivity contribution in [3.05, 3.63) is 125 Å². The number of hydrogen-bond acceptors (Lipinski definition) is 4. The Morgan fingerprint density at radius 1 is 0.688 bits per heavy atom. The van der Waals surface area contributed by atoms with Crippen molar-refractivity contribution in [3.8, 4) is 11.5 Å². The summed E-state index contributed by atoms with van der Waals surface area (Å²) in [5.41, 5.74) is 8.34. The summed E-state index contributed by atoms with van der Waals surface area (Å²) in [5.74, 6) is 1.39. The molecule has 160 valence electrons. The maximum atomic E-state index is 6.13. The first-order valence-corrected chi connectivity index (χ1v) is 10.6. The van der Waals surface area contributed by atoms with Crippen LogP contribution in [-0.2, 0) is 13.2 Å². The highest BCUT2D eigenvalue weighted by atomic mass is 16.5. The molecule has 0 saturated heterocycles. The van der Waals surface area contributed by atoms with Crippen LogP contribution in [0.25, 0.3) is 0 Å². The molecular weight excluding hydrogens is 396 g/mol. The summed E-state index contributed by atoms with van der Waals surface area (Å²) in [6, 6.07) is 34.1. The Labute approximate surface area is 189 Å². The lowest BCUT2D eigenvalue weighted by atomic mass is 10.2. The fourth-order valence-electron chi connectivity index (χ4n) is 3.18. The number of aryl methyl sites for hydroxylation is 1. The van der Waals surface area contributed by atoms with Gasteiger partial charge >= 0.3 is 0 Å². The molecule has 0 bridgehead atoms. The van der Waals surface area contributed by atoms with Gasteiger partial charge in [-0.15, -0.1) is 0 Å². The lowest BCUT2D eigenvalue weighted by Crippen LogP contribution is -2.01. The highest BCUT2D eigenvalue weighted by Gasteiger charge is 2.08. The molecule has 0 aliphatic carbocycles. The fraction of sp³-hybridized carbons (Fsp3) is 0.107. The predicted molar refractivity (Wildman–Crippen MR) is 130 cm³/mol. The number of rotatable bonds is 9. The second-order valence-electron chi connectivity index (χ2n) is 7.44. The summed E-state index contributed by atoms with van der Waals surface area (Å²) in [5, 5.41) is 4.38. The standard InChI is InChI=1S/C28H26N2O2/c1-22-10-8-9-15-26(22)30-29-19-25-16-17-27(31-20-23-11-4-2-5-12-23)28(18-25)32-21-24-13-6-3-7-14-24/h2-19,30H,20-21H2,1H3/b29-19+. The smallest absolute Gasteiger partial charge is 0.162 e. The minimum Gasteiger partial charge on any atom is -0.485 e. The summed E-state index contributed by atoms with van der Waals surface area (Å²) in [4.78, 5) is 0. The number of hydrogen-bond donors (Lipinski definition) is 1. The summed E-state index contributed by atoms with van der Waals surface area (Å²) in [6.45, 7) is 2.99. The molecule has 0 radical (unpaired) electrons. The molecule has 0 aliphatic heterocycles. The first kappa shape index (κ1) is 21.2. The second-order valence-corrected chi connectivity index (χ2v) is 7.44. The number of nitrogens with one attached hydrogen (secondary N) is 1. The zero-order chi connectivity index (χ0) is 22.0. The molecule has 0 spiro atoms. The van der Waals surface area contributed by atoms with Gasteiger partial charge in [0.25, 0.3) is 0 Å². The molecule has 0 aliphatic rings. The van der Waals surface area contributed by atoms with Gasteiger partial charge < -0.3 is 9.47 Å². The van der Waals surface area contributed by atoms with E-state index < -0.39 is 0 Å². The number of hydrazone groups is 1. The van der Waals surface area contributed by atoms with Crippen LogP contribution in [0.2, 0.25) is 0 Å². The first-order chi connectivity index (χ1) is 15.8. The van der Waals surface area contributed by atoms with E-state index in [-0.39, 0.29) is 0 Å². The van der Waals surface area contributed by atoms with Crippen LogP contribution in [0.4, 0.5) is 5.69 Å². The summed E-state index contributed by atoms with van der Waals surface area (Å²) < 4.78 is 12.2. The van der Waals surface area contributed by atoms with Gasteiger partial charge in [-0.05, 0) is 53.4 Å². The van der Waals surface area contributed by atoms with Crippen LogP contribution >= 0.6 is 0 Å². The monoisotopic (exact) mass is 422 g/mol. The van der Waals surface area contributed by atoms with E-state index in [1.165, 1.54) is 0 Å². The third-order valence-corrected chi connectivity index (χ3v) is 4.99. The van der Waals surface area contributed by atoms with Crippen molar-refractivity contribution < 1.29 is 9.47 Å². The van der Waals surface area contributed by atoms with Crippen LogP contribution in [0.15, 0.2) is 108 Å². The van der Waals surface area contributed by atoms with Crippen LogP contribution < -0.4 is 14.9 Å². The van der Waals surface area contributed by atoms with Gasteiger partial charge in [-0.25, -0.2) is 0 Å². The van der Waals surface area contributed by atoms with Crippen LogP contribution in [-0.4, -0.2) is 6.21 Å². The molecule has 0 fully saturated rings. The van der Waals surface area contributed by atoms with Gasteiger partial charge in [0, 0.05) is 0 Å². The van der Waals surface area contributed by atoms with Crippen molar-refractivity contribution in [1.82, 2.24) is 0 Å². The van der Waals surface area contributed by atoms with E-state index in [9.17, 15) is 0 Å². The minimum absolute atomic E-state index is 0.463. The maximum absolute atomic E-state index is 6.13. The molecule has 4 heteroatoms. The molecule has 0 amide bonds. The van der Waals surface area contributed by atoms with Crippen molar-refractivity contribution in [2.75, 3.05) is 5.43 Å². The molecule has 0 atom stereocenters. The Kier molecular flexibility index (Phi) is 7.17. The van der Waals surface area contributed by atoms with Gasteiger partial charge in [0.1, 0.15) is 13.2 Å². The van der Waals surface area contributed by atoms with Crippen LogP contribution in [0.5, 0.6) is 11.5 Å². The molecular formula is C28H26N2O2. The molecule has 4 aromatic rings. The molecule has 4 aromatic carbocycles. The number of anilines is 1. The summed E-state index contributed by atoms with van der Waals surface area (Å²) in [6.07, 6.45) is 1.78. The lowest BCUT2D eigenvalue weighted by molar-refractivity contribution is 0.256. The average Bonchev–Trinajstić information content (AvgIpc) is 2.84. The van der Waals surface area contributed by atoms with Gasteiger partial charge in [0.2, 0.25) is 0 Å². The van der Waals surface area contributed by atoms with Crippen molar-refractivity contribution in [2.45, 2.75) is 20.1 Å². The van der Waals surface area contributed by atoms with Gasteiger partial charge in [0.15, 0.2) is 11.5 Å². The van der Waals surface area contributed by atoms with Crippen molar-refractivity contribution in [2.24, 2.45) is 5.10 Å². The molecule has 0 saturated carbocycles. The average molecular weight is 423 g/mol. The van der Waals surface area contributed by atoms with E-state index in [4.69, 9.17) is 9.47 Å². The van der Waals surface area contributed by atoms with Crippen molar-refractivity contribution in [3.63, 3.8) is 0 Å². The van der Waals surface area contributed by atoms with E-state index >= 15 is 0 Å². The summed E-state index contributed by atoms with van der Waals surface area (Å²) >= 11 is 0. The Morgan fingerprint density at radius 3 is 1.94 bits per heavy atom. The Hall–Kier alpha value is -4.05. The number of ether oxygens (including phenoxy) is 2. The van der Waals surface area contributed by atoms with E-state index in [2.05, 4.69) is 10.5 Å². The van der Waals surface area contributed by atoms with E-state index in [1.807, 2.05) is 110 Å². The van der Waals surface area contributed by atoms with Crippen molar-refractivity contribution >= 4 is 11.9 Å². The third kappa shape index (κ3) is 5.99. The largest absolute Gasteiger partial charge is 0.485 e. The Bertz CT molecular complexity index is 1160. The molecule has 0 aromatic heterocycles. The number of para-hydroxylation sites is 1. The Morgan fingerprint density at radius 2 is 1.28 bits per heavy atom. The molecule has 0 heterocycles. The minimum atomic E-state index is 0.463. The molecule has 4 rings (SSSR count). The van der Waals surface area contributed by atoms with E-state index in [0.717, 1.165) is 27.9 Å². The van der Waals surface area contributed by atoms with Crippen LogP contribution in [0.3, 0.4) is 0 Å². The highest BCUT2D eigenvalue weighted by Crippen LogP contribution is 2.30. The predicted octanol–water partition coefficient (Wildman–Crippen LogP) is 6.60. The third-order valence-electron chi connectivity index (χ3n) is 4.99. The Balaban J connectivity index is 1.49. The molecule has 0 unspecified atom stereocenters. The molecule has 1 N–H and O–H groups in total. The van der Waals surface area contributed by atoms with Crippen LogP contribution in [0, 0.1) is 6.92 Å². The van der Waals surface area contributed by atoms with Crippen molar-refractivity contribution in [1.29, 1.82) is 0 Å². The lowest BCUT2D eigenvalue weighted by Gasteiger charge is -2.14.